The number of pyridine rings is 1. The van der Waals surface area contributed by atoms with Crippen molar-refractivity contribution in [2.24, 2.45) is 0 Å². The average Bonchev–Trinajstić information content (AvgIpc) is 3.51. The maximum Gasteiger partial charge on any atom is 0.227 e. The zero-order valence-corrected chi connectivity index (χ0v) is 18.5. The van der Waals surface area contributed by atoms with Crippen molar-refractivity contribution >= 4 is 17.4 Å². The van der Waals surface area contributed by atoms with E-state index in [2.05, 4.69) is 25.1 Å². The molecule has 8 nitrogen and oxygen atoms in total. The van der Waals surface area contributed by atoms with Crippen LogP contribution in [0.5, 0.6) is 5.75 Å². The van der Waals surface area contributed by atoms with E-state index in [0.29, 0.717) is 45.0 Å². The quantitative estimate of drug-likeness (QED) is 0.346. The van der Waals surface area contributed by atoms with Crippen LogP contribution >= 0.6 is 11.6 Å². The third-order valence-electron chi connectivity index (χ3n) is 5.16. The zero-order valence-electron chi connectivity index (χ0n) is 17.8. The molecule has 0 saturated carbocycles. The van der Waals surface area contributed by atoms with E-state index in [1.807, 2.05) is 18.2 Å². The number of phenolic OH excluding ortho intramolecular Hbond substituents is 1. The number of ketones is 1. The fourth-order valence-electron chi connectivity index (χ4n) is 3.57. The van der Waals surface area contributed by atoms with E-state index < -0.39 is 0 Å². The van der Waals surface area contributed by atoms with Gasteiger partial charge in [0, 0.05) is 35.9 Å². The first kappa shape index (κ1) is 21.5. The van der Waals surface area contributed by atoms with Crippen LogP contribution in [-0.2, 0) is 17.6 Å². The number of nitrogens with zero attached hydrogens (tertiary/aromatic N) is 4. The van der Waals surface area contributed by atoms with Gasteiger partial charge in [0.25, 0.3) is 0 Å². The highest BCUT2D eigenvalue weighted by Gasteiger charge is 2.22. The summed E-state index contributed by atoms with van der Waals surface area (Å²) >= 11 is 6.41. The highest BCUT2D eigenvalue weighted by Crippen LogP contribution is 2.37. The molecule has 0 amide bonds. The summed E-state index contributed by atoms with van der Waals surface area (Å²) in [6.45, 7) is 0. The summed E-state index contributed by atoms with van der Waals surface area (Å²) in [5.41, 5.74) is 3.24. The van der Waals surface area contributed by atoms with Crippen molar-refractivity contribution in [2.45, 2.75) is 12.8 Å². The van der Waals surface area contributed by atoms with Crippen LogP contribution in [0, 0.1) is 0 Å². The van der Waals surface area contributed by atoms with Gasteiger partial charge in [-0.05, 0) is 42.0 Å². The Hall–Kier alpha value is -4.30. The van der Waals surface area contributed by atoms with Crippen LogP contribution in [-0.4, -0.2) is 36.0 Å². The van der Waals surface area contributed by atoms with Crippen molar-refractivity contribution in [3.8, 4) is 40.0 Å². The molecule has 0 atom stereocenters. The second-order valence-corrected chi connectivity index (χ2v) is 8.01. The maximum absolute atomic E-state index is 12.6. The molecule has 3 aromatic heterocycles. The van der Waals surface area contributed by atoms with Gasteiger partial charge in [-0.2, -0.15) is 5.10 Å². The van der Waals surface area contributed by atoms with E-state index in [-0.39, 0.29) is 24.4 Å². The van der Waals surface area contributed by atoms with Gasteiger partial charge in [0.2, 0.25) is 5.89 Å². The van der Waals surface area contributed by atoms with Crippen LogP contribution in [0.1, 0.15) is 11.3 Å². The predicted molar refractivity (Wildman–Crippen MR) is 126 cm³/mol. The molecule has 0 radical (unpaired) electrons. The maximum atomic E-state index is 12.6. The third kappa shape index (κ3) is 4.57. The van der Waals surface area contributed by atoms with E-state index in [1.165, 1.54) is 6.33 Å². The monoisotopic (exact) mass is 471 g/mol. The van der Waals surface area contributed by atoms with E-state index in [1.54, 1.807) is 48.7 Å². The molecule has 0 saturated heterocycles. The van der Waals surface area contributed by atoms with Gasteiger partial charge in [-0.3, -0.25) is 14.9 Å². The molecule has 0 fully saturated rings. The minimum absolute atomic E-state index is 0.00171. The summed E-state index contributed by atoms with van der Waals surface area (Å²) in [6.07, 6.45) is 3.41. The van der Waals surface area contributed by atoms with Gasteiger partial charge in [-0.25, -0.2) is 9.97 Å². The normalized spacial score (nSPS) is 11.0. The molecule has 0 aliphatic rings. The van der Waals surface area contributed by atoms with Gasteiger partial charge < -0.3 is 9.52 Å². The van der Waals surface area contributed by atoms with E-state index in [0.717, 1.165) is 5.56 Å². The minimum Gasteiger partial charge on any atom is -0.508 e. The molecule has 0 bridgehead atoms. The van der Waals surface area contributed by atoms with E-state index in [9.17, 15) is 9.90 Å². The summed E-state index contributed by atoms with van der Waals surface area (Å²) in [5, 5.41) is 16.6. The number of nitrogens with one attached hydrogen (secondary N) is 1. The lowest BCUT2D eigenvalue weighted by molar-refractivity contribution is -0.117. The first-order chi connectivity index (χ1) is 16.6. The number of benzene rings is 2. The first-order valence-electron chi connectivity index (χ1n) is 10.4. The van der Waals surface area contributed by atoms with E-state index in [4.69, 9.17) is 16.0 Å². The molecule has 5 aromatic rings. The van der Waals surface area contributed by atoms with Crippen molar-refractivity contribution in [1.82, 2.24) is 25.1 Å². The van der Waals surface area contributed by atoms with Gasteiger partial charge in [-0.15, -0.1) is 0 Å². The van der Waals surface area contributed by atoms with Crippen molar-refractivity contribution in [3.63, 3.8) is 0 Å². The van der Waals surface area contributed by atoms with Gasteiger partial charge >= 0.3 is 0 Å². The summed E-state index contributed by atoms with van der Waals surface area (Å²) in [5.74, 6) is 1.41. The number of hydrogen-bond acceptors (Lipinski definition) is 7. The van der Waals surface area contributed by atoms with Crippen LogP contribution in [0.25, 0.3) is 34.3 Å². The number of phenols is 1. The Morgan fingerprint density at radius 2 is 1.85 bits per heavy atom. The molecule has 34 heavy (non-hydrogen) atoms. The number of aromatic hydroxyl groups is 1. The number of halogens is 1. The topological polar surface area (TPSA) is 118 Å². The fraction of sp³-hybridized carbons (Fsp3) is 0.0800. The smallest absolute Gasteiger partial charge is 0.227 e. The van der Waals surface area contributed by atoms with Crippen LogP contribution in [0.15, 0.2) is 77.6 Å². The molecule has 0 spiro atoms. The van der Waals surface area contributed by atoms with Crippen LogP contribution in [0.2, 0.25) is 5.02 Å². The highest BCUT2D eigenvalue weighted by atomic mass is 35.5. The molecule has 9 heteroatoms. The highest BCUT2D eigenvalue weighted by molar-refractivity contribution is 6.33. The number of oxazole rings is 1. The van der Waals surface area contributed by atoms with Gasteiger partial charge in [-0.1, -0.05) is 35.9 Å². The second kappa shape index (κ2) is 9.29. The van der Waals surface area contributed by atoms with Gasteiger partial charge in [0.05, 0.1) is 5.02 Å². The molecule has 3 heterocycles. The Labute approximate surface area is 199 Å². The van der Waals surface area contributed by atoms with Crippen LogP contribution < -0.4 is 0 Å². The summed E-state index contributed by atoms with van der Waals surface area (Å²) in [7, 11) is 0. The van der Waals surface area contributed by atoms with Crippen molar-refractivity contribution in [2.75, 3.05) is 0 Å². The lowest BCUT2D eigenvalue weighted by Gasteiger charge is -2.04. The van der Waals surface area contributed by atoms with Crippen LogP contribution in [0.4, 0.5) is 0 Å². The number of aromatic nitrogens is 5. The molecule has 168 valence electrons. The Morgan fingerprint density at radius 3 is 2.62 bits per heavy atom. The minimum atomic E-state index is 0.00171. The number of carbonyl (C=O) groups excluding carboxylic acids is 1. The van der Waals surface area contributed by atoms with Gasteiger partial charge in [0.1, 0.15) is 17.9 Å². The molecule has 2 aromatic carbocycles. The molecule has 0 unspecified atom stereocenters. The Bertz CT molecular complexity index is 1450. The molecule has 0 aliphatic heterocycles. The Balaban J connectivity index is 1.45. The number of aromatic amines is 1. The lowest BCUT2D eigenvalue weighted by atomic mass is 10.0. The summed E-state index contributed by atoms with van der Waals surface area (Å²) < 4.78 is 6.14. The number of rotatable bonds is 7. The standard InChI is InChI=1S/C25H18ClN5O3/c26-21-4-2-1-3-20(21)23-22(24-28-14-29-31-24)30-25(34-23)16-9-10-27-17(12-16)13-19(33)11-15-5-7-18(32)8-6-15/h1-10,12,14,32H,11,13H2,(H,28,29,31). The molecular weight excluding hydrogens is 454 g/mol. The predicted octanol–water partition coefficient (Wildman–Crippen LogP) is 4.90. The third-order valence-corrected chi connectivity index (χ3v) is 5.49. The number of hydrogen-bond donors (Lipinski definition) is 2. The largest absolute Gasteiger partial charge is 0.508 e. The SMILES string of the molecule is O=C(Cc1ccc(O)cc1)Cc1cc(-c2nc(-c3ncn[nH]3)c(-c3ccccc3Cl)o2)ccn1. The molecular formula is C25H18ClN5O3. The van der Waals surface area contributed by atoms with Crippen molar-refractivity contribution in [1.29, 1.82) is 0 Å². The molecule has 2 N–H and O–H groups in total. The van der Waals surface area contributed by atoms with E-state index >= 15 is 0 Å². The van der Waals surface area contributed by atoms with Crippen molar-refractivity contribution < 1.29 is 14.3 Å². The van der Waals surface area contributed by atoms with Gasteiger partial charge in [0.15, 0.2) is 17.3 Å². The van der Waals surface area contributed by atoms with Crippen LogP contribution in [0.3, 0.4) is 0 Å². The Morgan fingerprint density at radius 1 is 1.03 bits per heavy atom. The zero-order chi connectivity index (χ0) is 23.5. The Kier molecular flexibility index (Phi) is 5.88. The average molecular weight is 472 g/mol. The number of carbonyl (C=O) groups is 1. The second-order valence-electron chi connectivity index (χ2n) is 7.61. The number of Topliss-reactive ketones (excluding diaryl/α,β-unsaturated/α-hetero) is 1. The summed E-state index contributed by atoms with van der Waals surface area (Å²) in [4.78, 5) is 25.8. The molecule has 5 rings (SSSR count). The number of H-pyrrole nitrogens is 1. The first-order valence-corrected chi connectivity index (χ1v) is 10.8. The fourth-order valence-corrected chi connectivity index (χ4v) is 3.79. The lowest BCUT2D eigenvalue weighted by Crippen LogP contribution is -2.07. The van der Waals surface area contributed by atoms with Crippen molar-refractivity contribution in [3.05, 3.63) is 89.5 Å². The molecule has 0 aliphatic carbocycles. The summed E-state index contributed by atoms with van der Waals surface area (Å²) in [6, 6.07) is 17.4.